The molecule has 0 aromatic heterocycles. The largest absolute Gasteiger partial charge is 0.393 e. The minimum absolute atomic E-state index is 0.0486. The van der Waals surface area contributed by atoms with Gasteiger partial charge >= 0.3 is 0 Å². The van der Waals surface area contributed by atoms with E-state index in [1.807, 2.05) is 12.1 Å². The van der Waals surface area contributed by atoms with Crippen LogP contribution in [0, 0.1) is 0 Å². The number of benzene rings is 1. The third kappa shape index (κ3) is 1.73. The lowest BCUT2D eigenvalue weighted by Crippen LogP contribution is -2.36. The summed E-state index contributed by atoms with van der Waals surface area (Å²) in [6.45, 7) is 0.0486. The van der Waals surface area contributed by atoms with Crippen LogP contribution in [-0.2, 0) is 16.8 Å². The van der Waals surface area contributed by atoms with Crippen molar-refractivity contribution >= 4 is 15.9 Å². The van der Waals surface area contributed by atoms with Crippen LogP contribution in [0.1, 0.15) is 24.0 Å². The van der Waals surface area contributed by atoms with Gasteiger partial charge in [0.1, 0.15) is 5.60 Å². The molecule has 1 aromatic rings. The molecule has 82 valence electrons. The summed E-state index contributed by atoms with van der Waals surface area (Å²) in [5, 5.41) is 9.54. The minimum atomic E-state index is -0.489. The monoisotopic (exact) mass is 270 g/mol. The number of aliphatic hydroxyl groups excluding tert-OH is 1. The first-order chi connectivity index (χ1) is 7.23. The Labute approximate surface area is 98.4 Å². The third-order valence-corrected chi connectivity index (χ3v) is 4.01. The van der Waals surface area contributed by atoms with Gasteiger partial charge in [0.15, 0.2) is 0 Å². The molecule has 1 aliphatic rings. The highest BCUT2D eigenvalue weighted by molar-refractivity contribution is 9.10. The molecule has 0 spiro atoms. The van der Waals surface area contributed by atoms with E-state index in [0.717, 1.165) is 29.3 Å². The van der Waals surface area contributed by atoms with Gasteiger partial charge in [-0.3, -0.25) is 0 Å². The molecule has 0 aliphatic heterocycles. The zero-order chi connectivity index (χ0) is 10.9. The maximum Gasteiger partial charge on any atom is 0.116 e. The molecule has 0 fully saturated rings. The van der Waals surface area contributed by atoms with E-state index in [9.17, 15) is 5.11 Å². The molecule has 1 aliphatic carbocycles. The first-order valence-electron chi connectivity index (χ1n) is 5.17. The van der Waals surface area contributed by atoms with Gasteiger partial charge in [0.25, 0.3) is 0 Å². The van der Waals surface area contributed by atoms with Crippen LogP contribution in [0.3, 0.4) is 0 Å². The average Bonchev–Trinajstić information content (AvgIpc) is 2.29. The Morgan fingerprint density at radius 1 is 1.53 bits per heavy atom. The molecule has 0 bridgehead atoms. The first kappa shape index (κ1) is 11.1. The second kappa shape index (κ2) is 4.24. The average molecular weight is 271 g/mol. The van der Waals surface area contributed by atoms with E-state index in [-0.39, 0.29) is 6.61 Å². The van der Waals surface area contributed by atoms with E-state index < -0.39 is 5.60 Å². The molecule has 1 atom stereocenters. The SMILES string of the molecule is COC1(CO)CCCc2c(Br)cccc21. The number of methoxy groups -OCH3 is 1. The Morgan fingerprint density at radius 3 is 3.00 bits per heavy atom. The predicted molar refractivity (Wildman–Crippen MR) is 62.9 cm³/mol. The molecule has 2 nitrogen and oxygen atoms in total. The number of hydrogen-bond donors (Lipinski definition) is 1. The number of ether oxygens (including phenoxy) is 1. The third-order valence-electron chi connectivity index (χ3n) is 3.26. The van der Waals surface area contributed by atoms with Crippen molar-refractivity contribution in [2.75, 3.05) is 13.7 Å². The van der Waals surface area contributed by atoms with Crippen LogP contribution in [-0.4, -0.2) is 18.8 Å². The topological polar surface area (TPSA) is 29.5 Å². The Bertz CT molecular complexity index is 359. The normalized spacial score (nSPS) is 25.0. The van der Waals surface area contributed by atoms with Gasteiger partial charge in [-0.25, -0.2) is 0 Å². The first-order valence-corrected chi connectivity index (χ1v) is 5.97. The van der Waals surface area contributed by atoms with Gasteiger partial charge in [-0.1, -0.05) is 28.1 Å². The molecule has 1 unspecified atom stereocenters. The van der Waals surface area contributed by atoms with Gasteiger partial charge in [0, 0.05) is 11.6 Å². The van der Waals surface area contributed by atoms with Gasteiger partial charge in [-0.2, -0.15) is 0 Å². The fourth-order valence-corrected chi connectivity index (χ4v) is 2.93. The highest BCUT2D eigenvalue weighted by Gasteiger charge is 2.36. The number of hydrogen-bond acceptors (Lipinski definition) is 2. The highest BCUT2D eigenvalue weighted by Crippen LogP contribution is 2.40. The van der Waals surface area contributed by atoms with Gasteiger partial charge in [0.2, 0.25) is 0 Å². The summed E-state index contributed by atoms with van der Waals surface area (Å²) in [5.74, 6) is 0. The molecule has 0 radical (unpaired) electrons. The fraction of sp³-hybridized carbons (Fsp3) is 0.500. The standard InChI is InChI=1S/C12H15BrO2/c1-15-12(8-14)7-3-4-9-10(12)5-2-6-11(9)13/h2,5-6,14H,3-4,7-8H2,1H3. The Kier molecular flexibility index (Phi) is 3.14. The van der Waals surface area contributed by atoms with Crippen molar-refractivity contribution in [2.45, 2.75) is 24.9 Å². The van der Waals surface area contributed by atoms with E-state index >= 15 is 0 Å². The molecule has 2 rings (SSSR count). The second-order valence-electron chi connectivity index (χ2n) is 3.98. The fourth-order valence-electron chi connectivity index (χ4n) is 2.37. The Balaban J connectivity index is 2.55. The van der Waals surface area contributed by atoms with Crippen LogP contribution >= 0.6 is 15.9 Å². The maximum absolute atomic E-state index is 9.54. The van der Waals surface area contributed by atoms with Gasteiger partial charge in [0.05, 0.1) is 6.61 Å². The summed E-state index contributed by atoms with van der Waals surface area (Å²) in [6, 6.07) is 6.10. The Morgan fingerprint density at radius 2 is 2.33 bits per heavy atom. The lowest BCUT2D eigenvalue weighted by Gasteiger charge is -2.36. The van der Waals surface area contributed by atoms with Crippen molar-refractivity contribution in [1.29, 1.82) is 0 Å². The van der Waals surface area contributed by atoms with Crippen LogP contribution in [0.2, 0.25) is 0 Å². The van der Waals surface area contributed by atoms with Crippen LogP contribution in [0.25, 0.3) is 0 Å². The zero-order valence-electron chi connectivity index (χ0n) is 8.79. The number of fused-ring (bicyclic) bond motifs is 1. The number of rotatable bonds is 2. The van der Waals surface area contributed by atoms with Crippen LogP contribution < -0.4 is 0 Å². The molecule has 1 aromatic carbocycles. The van der Waals surface area contributed by atoms with Crippen LogP contribution in [0.15, 0.2) is 22.7 Å². The Hall–Kier alpha value is -0.380. The quantitative estimate of drug-likeness (QED) is 0.896. The molecule has 15 heavy (non-hydrogen) atoms. The van der Waals surface area contributed by atoms with Gasteiger partial charge in [-0.15, -0.1) is 0 Å². The molecule has 1 N–H and O–H groups in total. The molecule has 0 amide bonds. The summed E-state index contributed by atoms with van der Waals surface area (Å²) >= 11 is 3.55. The highest BCUT2D eigenvalue weighted by atomic mass is 79.9. The van der Waals surface area contributed by atoms with E-state index in [4.69, 9.17) is 4.74 Å². The van der Waals surface area contributed by atoms with Gasteiger partial charge < -0.3 is 9.84 Å². The van der Waals surface area contributed by atoms with Crippen molar-refractivity contribution in [1.82, 2.24) is 0 Å². The smallest absolute Gasteiger partial charge is 0.116 e. The summed E-state index contributed by atoms with van der Waals surface area (Å²) in [4.78, 5) is 0. The number of aliphatic hydroxyl groups is 1. The van der Waals surface area contributed by atoms with Crippen molar-refractivity contribution < 1.29 is 9.84 Å². The van der Waals surface area contributed by atoms with E-state index in [1.54, 1.807) is 7.11 Å². The second-order valence-corrected chi connectivity index (χ2v) is 4.83. The van der Waals surface area contributed by atoms with Crippen molar-refractivity contribution in [2.24, 2.45) is 0 Å². The van der Waals surface area contributed by atoms with Crippen molar-refractivity contribution in [3.8, 4) is 0 Å². The predicted octanol–water partition coefficient (Wildman–Crippen LogP) is 2.62. The summed E-state index contributed by atoms with van der Waals surface area (Å²) in [6.07, 6.45) is 3.01. The zero-order valence-corrected chi connectivity index (χ0v) is 10.4. The molecule has 0 saturated carbocycles. The lowest BCUT2D eigenvalue weighted by molar-refractivity contribution is -0.0689. The lowest BCUT2D eigenvalue weighted by atomic mass is 9.79. The maximum atomic E-state index is 9.54. The molecule has 0 heterocycles. The van der Waals surface area contributed by atoms with Gasteiger partial charge in [-0.05, 0) is 36.5 Å². The number of halogens is 1. The summed E-state index contributed by atoms with van der Waals surface area (Å²) in [5.41, 5.74) is 1.92. The summed E-state index contributed by atoms with van der Waals surface area (Å²) < 4.78 is 6.66. The van der Waals surface area contributed by atoms with E-state index in [0.29, 0.717) is 0 Å². The summed E-state index contributed by atoms with van der Waals surface area (Å²) in [7, 11) is 1.67. The molecule has 3 heteroatoms. The van der Waals surface area contributed by atoms with Crippen molar-refractivity contribution in [3.63, 3.8) is 0 Å². The molecule has 0 saturated heterocycles. The van der Waals surface area contributed by atoms with Crippen molar-refractivity contribution in [3.05, 3.63) is 33.8 Å². The van der Waals surface area contributed by atoms with E-state index in [2.05, 4.69) is 22.0 Å². The molecular weight excluding hydrogens is 256 g/mol. The van der Waals surface area contributed by atoms with Crippen LogP contribution in [0.5, 0.6) is 0 Å². The van der Waals surface area contributed by atoms with Crippen LogP contribution in [0.4, 0.5) is 0 Å². The molecular formula is C12H15BrO2. The minimum Gasteiger partial charge on any atom is -0.393 e. The van der Waals surface area contributed by atoms with E-state index in [1.165, 1.54) is 5.56 Å².